The van der Waals surface area contributed by atoms with Gasteiger partial charge in [-0.3, -0.25) is 9.09 Å². The van der Waals surface area contributed by atoms with Crippen LogP contribution in [-0.2, 0) is 13.8 Å². The minimum atomic E-state index is -3.32. The lowest BCUT2D eigenvalue weighted by Crippen LogP contribution is -1.96. The topological polar surface area (TPSA) is 55.8 Å². The van der Waals surface area contributed by atoms with E-state index < -0.39 is 7.60 Å². The number of ether oxygens (including phenoxy) is 1. The zero-order valence-corrected chi connectivity index (χ0v) is 6.43. The Bertz CT molecular complexity index is 107. The largest absolute Gasteiger partial charge is 0.355 e. The summed E-state index contributed by atoms with van der Waals surface area (Å²) in [5.41, 5.74) is 0. The zero-order chi connectivity index (χ0) is 7.33. The van der Waals surface area contributed by atoms with Crippen molar-refractivity contribution >= 4 is 7.60 Å². The molecule has 1 unspecified atom stereocenters. The van der Waals surface area contributed by atoms with E-state index in [1.165, 1.54) is 0 Å². The molecule has 0 aliphatic carbocycles. The lowest BCUT2D eigenvalue weighted by atomic mass is 10.9. The SMILES string of the molecule is CCOCOP(C)(=O)O. The summed E-state index contributed by atoms with van der Waals surface area (Å²) < 4.78 is 19.4. The monoisotopic (exact) mass is 154 g/mol. The minimum absolute atomic E-state index is 0.110. The van der Waals surface area contributed by atoms with E-state index in [-0.39, 0.29) is 6.79 Å². The van der Waals surface area contributed by atoms with Crippen LogP contribution >= 0.6 is 7.60 Å². The molecule has 0 bridgehead atoms. The quantitative estimate of drug-likeness (QED) is 0.370. The average molecular weight is 154 g/mol. The molecule has 0 amide bonds. The van der Waals surface area contributed by atoms with Gasteiger partial charge in [0.15, 0.2) is 6.79 Å². The van der Waals surface area contributed by atoms with E-state index in [9.17, 15) is 4.57 Å². The van der Waals surface area contributed by atoms with Gasteiger partial charge in [-0.25, -0.2) is 0 Å². The van der Waals surface area contributed by atoms with Gasteiger partial charge in [-0.15, -0.1) is 0 Å². The first kappa shape index (κ1) is 9.11. The molecule has 5 heteroatoms. The molecule has 56 valence electrons. The van der Waals surface area contributed by atoms with Crippen molar-refractivity contribution in [3.05, 3.63) is 0 Å². The third kappa shape index (κ3) is 8.11. The molecule has 0 saturated carbocycles. The number of hydrogen-bond acceptors (Lipinski definition) is 3. The van der Waals surface area contributed by atoms with Crippen LogP contribution in [0, 0.1) is 0 Å². The van der Waals surface area contributed by atoms with Crippen molar-refractivity contribution in [3.63, 3.8) is 0 Å². The van der Waals surface area contributed by atoms with Crippen molar-refractivity contribution in [2.75, 3.05) is 20.1 Å². The normalized spacial score (nSPS) is 17.2. The summed E-state index contributed by atoms with van der Waals surface area (Å²) in [7, 11) is -3.32. The van der Waals surface area contributed by atoms with Gasteiger partial charge in [0, 0.05) is 13.3 Å². The van der Waals surface area contributed by atoms with Crippen LogP contribution in [0.3, 0.4) is 0 Å². The van der Waals surface area contributed by atoms with Crippen molar-refractivity contribution in [2.45, 2.75) is 6.92 Å². The van der Waals surface area contributed by atoms with Crippen LogP contribution in [0.15, 0.2) is 0 Å². The third-order valence-electron chi connectivity index (χ3n) is 0.580. The summed E-state index contributed by atoms with van der Waals surface area (Å²) in [6.45, 7) is 3.27. The molecule has 0 heterocycles. The standard InChI is InChI=1S/C4H11O4P/c1-3-7-4-8-9(2,5)6/h3-4H2,1-2H3,(H,5,6). The fraction of sp³-hybridized carbons (Fsp3) is 1.00. The van der Waals surface area contributed by atoms with Crippen LogP contribution in [0.25, 0.3) is 0 Å². The molecule has 0 fully saturated rings. The summed E-state index contributed by atoms with van der Waals surface area (Å²) in [6, 6.07) is 0. The summed E-state index contributed by atoms with van der Waals surface area (Å²) >= 11 is 0. The maximum Gasteiger partial charge on any atom is 0.327 e. The predicted molar refractivity (Wildman–Crippen MR) is 33.3 cm³/mol. The Morgan fingerprint density at radius 2 is 2.22 bits per heavy atom. The van der Waals surface area contributed by atoms with Gasteiger partial charge in [0.05, 0.1) is 0 Å². The van der Waals surface area contributed by atoms with Gasteiger partial charge in [0.25, 0.3) is 0 Å². The third-order valence-corrected chi connectivity index (χ3v) is 1.16. The summed E-state index contributed by atoms with van der Waals surface area (Å²) in [5, 5.41) is 0. The highest BCUT2D eigenvalue weighted by Gasteiger charge is 2.07. The lowest BCUT2D eigenvalue weighted by molar-refractivity contribution is 0.0170. The Balaban J connectivity index is 3.18. The first-order chi connectivity index (χ1) is 4.06. The van der Waals surface area contributed by atoms with E-state index in [4.69, 9.17) is 4.89 Å². The van der Waals surface area contributed by atoms with E-state index in [1.54, 1.807) is 6.92 Å². The molecule has 0 aromatic heterocycles. The van der Waals surface area contributed by atoms with Crippen LogP contribution in [0.5, 0.6) is 0 Å². The molecule has 0 aliphatic heterocycles. The van der Waals surface area contributed by atoms with Gasteiger partial charge in [0.2, 0.25) is 0 Å². The molecule has 9 heavy (non-hydrogen) atoms. The van der Waals surface area contributed by atoms with E-state index in [2.05, 4.69) is 9.26 Å². The Hall–Kier alpha value is 0.110. The van der Waals surface area contributed by atoms with Crippen LogP contribution in [0.1, 0.15) is 6.92 Å². The molecule has 0 aliphatic rings. The molecular weight excluding hydrogens is 143 g/mol. The van der Waals surface area contributed by atoms with Gasteiger partial charge in [0.1, 0.15) is 0 Å². The van der Waals surface area contributed by atoms with Crippen LogP contribution in [0.2, 0.25) is 0 Å². The molecular formula is C4H11O4P. The summed E-state index contributed by atoms with van der Waals surface area (Å²) in [5.74, 6) is 0. The Morgan fingerprint density at radius 1 is 1.67 bits per heavy atom. The van der Waals surface area contributed by atoms with E-state index in [0.717, 1.165) is 6.66 Å². The average Bonchev–Trinajstić information content (AvgIpc) is 1.63. The molecule has 0 saturated heterocycles. The minimum Gasteiger partial charge on any atom is -0.355 e. The summed E-state index contributed by atoms with van der Waals surface area (Å²) in [6.07, 6.45) is 0. The highest BCUT2D eigenvalue weighted by Crippen LogP contribution is 2.35. The highest BCUT2D eigenvalue weighted by atomic mass is 31.2. The fourth-order valence-electron chi connectivity index (χ4n) is 0.218. The molecule has 0 aromatic rings. The van der Waals surface area contributed by atoms with Gasteiger partial charge in [-0.2, -0.15) is 0 Å². The van der Waals surface area contributed by atoms with Crippen molar-refractivity contribution in [2.24, 2.45) is 0 Å². The van der Waals surface area contributed by atoms with E-state index >= 15 is 0 Å². The second-order valence-electron chi connectivity index (χ2n) is 1.54. The molecule has 1 atom stereocenters. The second-order valence-corrected chi connectivity index (χ2v) is 3.41. The smallest absolute Gasteiger partial charge is 0.327 e. The van der Waals surface area contributed by atoms with Gasteiger partial charge >= 0.3 is 7.60 Å². The van der Waals surface area contributed by atoms with Gasteiger partial charge in [-0.1, -0.05) is 0 Å². The molecule has 0 radical (unpaired) electrons. The maximum absolute atomic E-state index is 10.3. The van der Waals surface area contributed by atoms with Gasteiger partial charge < -0.3 is 9.63 Å². The molecule has 0 spiro atoms. The van der Waals surface area contributed by atoms with Crippen LogP contribution in [0.4, 0.5) is 0 Å². The zero-order valence-electron chi connectivity index (χ0n) is 5.53. The highest BCUT2D eigenvalue weighted by molar-refractivity contribution is 7.51. The lowest BCUT2D eigenvalue weighted by Gasteiger charge is -2.04. The first-order valence-electron chi connectivity index (χ1n) is 2.59. The maximum atomic E-state index is 10.3. The van der Waals surface area contributed by atoms with Crippen molar-refractivity contribution in [1.29, 1.82) is 0 Å². The molecule has 0 rings (SSSR count). The Kier molecular flexibility index (Phi) is 4.06. The second kappa shape index (κ2) is 4.01. The number of hydrogen-bond donors (Lipinski definition) is 1. The van der Waals surface area contributed by atoms with Crippen LogP contribution < -0.4 is 0 Å². The molecule has 1 N–H and O–H groups in total. The fourth-order valence-corrected chi connectivity index (χ4v) is 0.489. The molecule has 0 aromatic carbocycles. The Labute approximate surface area is 54.3 Å². The predicted octanol–water partition coefficient (Wildman–Crippen LogP) is 0.812. The van der Waals surface area contributed by atoms with Crippen molar-refractivity contribution < 1.29 is 18.7 Å². The van der Waals surface area contributed by atoms with Crippen molar-refractivity contribution in [1.82, 2.24) is 0 Å². The Morgan fingerprint density at radius 3 is 2.56 bits per heavy atom. The van der Waals surface area contributed by atoms with E-state index in [0.29, 0.717) is 6.61 Å². The molecule has 4 nitrogen and oxygen atoms in total. The van der Waals surface area contributed by atoms with Crippen LogP contribution in [-0.4, -0.2) is 25.0 Å². The summed E-state index contributed by atoms with van der Waals surface area (Å²) in [4.78, 5) is 8.50. The number of rotatable bonds is 4. The van der Waals surface area contributed by atoms with E-state index in [1.807, 2.05) is 0 Å². The first-order valence-corrected chi connectivity index (χ1v) is 4.61. The van der Waals surface area contributed by atoms with Crippen molar-refractivity contribution in [3.8, 4) is 0 Å². The van der Waals surface area contributed by atoms with Gasteiger partial charge in [-0.05, 0) is 6.92 Å².